The van der Waals surface area contributed by atoms with Gasteiger partial charge >= 0.3 is 0 Å². The van der Waals surface area contributed by atoms with Gasteiger partial charge in [-0.1, -0.05) is 31.4 Å². The number of carbonyl (C=O) groups is 1. The van der Waals surface area contributed by atoms with Gasteiger partial charge in [-0.15, -0.1) is 0 Å². The van der Waals surface area contributed by atoms with Crippen molar-refractivity contribution in [2.75, 3.05) is 5.73 Å². The van der Waals surface area contributed by atoms with Crippen molar-refractivity contribution in [3.05, 3.63) is 22.8 Å². The predicted molar refractivity (Wildman–Crippen MR) is 72.5 cm³/mol. The Morgan fingerprint density at radius 1 is 1.67 bits per heavy atom. The molecule has 1 atom stereocenters. The lowest BCUT2D eigenvalue weighted by atomic mass is 10.1. The fraction of sp³-hybridized carbons (Fsp3) is 0.538. The van der Waals surface area contributed by atoms with Crippen LogP contribution in [0.3, 0.4) is 0 Å². The van der Waals surface area contributed by atoms with Crippen molar-refractivity contribution < 1.29 is 4.79 Å². The Morgan fingerprint density at radius 3 is 3.00 bits per heavy atom. The fourth-order valence-electron chi connectivity index (χ4n) is 1.98. The summed E-state index contributed by atoms with van der Waals surface area (Å²) in [6, 6.07) is 1.73. The minimum atomic E-state index is -0.165. The van der Waals surface area contributed by atoms with Gasteiger partial charge in [0.2, 0.25) is 0 Å². The Labute approximate surface area is 112 Å². The summed E-state index contributed by atoms with van der Waals surface area (Å²) in [6.45, 7) is 2.08. The Bertz CT molecular complexity index is 446. The topological polar surface area (TPSA) is 68.0 Å². The normalized spacial score (nSPS) is 16.3. The van der Waals surface area contributed by atoms with E-state index in [1.54, 1.807) is 0 Å². The summed E-state index contributed by atoms with van der Waals surface area (Å²) in [4.78, 5) is 16.0. The summed E-state index contributed by atoms with van der Waals surface area (Å²) in [5, 5.41) is 3.35. The minimum absolute atomic E-state index is 0.165. The van der Waals surface area contributed by atoms with E-state index in [-0.39, 0.29) is 11.9 Å². The number of carbonyl (C=O) groups excluding carboxylic acids is 1. The first-order chi connectivity index (χ1) is 8.60. The Morgan fingerprint density at radius 2 is 2.39 bits per heavy atom. The van der Waals surface area contributed by atoms with Crippen LogP contribution < -0.4 is 11.1 Å². The van der Waals surface area contributed by atoms with E-state index in [1.165, 1.54) is 25.1 Å². The average molecular weight is 268 g/mol. The first kappa shape index (κ1) is 13.1. The molecule has 2 rings (SSSR count). The number of rotatable bonds is 5. The van der Waals surface area contributed by atoms with Crippen LogP contribution in [-0.2, 0) is 0 Å². The maximum absolute atomic E-state index is 12.1. The maximum Gasteiger partial charge on any atom is 0.253 e. The highest BCUT2D eigenvalue weighted by atomic mass is 35.5. The number of nitrogens with one attached hydrogen (secondary N) is 1. The molecule has 1 fully saturated rings. The number of anilines is 1. The van der Waals surface area contributed by atoms with Gasteiger partial charge in [0.15, 0.2) is 0 Å². The van der Waals surface area contributed by atoms with Gasteiger partial charge in [-0.3, -0.25) is 4.79 Å². The molecule has 1 aliphatic rings. The van der Waals surface area contributed by atoms with Gasteiger partial charge in [0.25, 0.3) is 5.91 Å². The fourth-order valence-corrected chi connectivity index (χ4v) is 2.16. The molecule has 1 unspecified atom stereocenters. The van der Waals surface area contributed by atoms with E-state index < -0.39 is 0 Å². The second kappa shape index (κ2) is 5.57. The van der Waals surface area contributed by atoms with Crippen LogP contribution in [0, 0.1) is 5.92 Å². The van der Waals surface area contributed by atoms with E-state index in [1.807, 2.05) is 0 Å². The molecule has 0 aliphatic heterocycles. The van der Waals surface area contributed by atoms with Gasteiger partial charge < -0.3 is 11.1 Å². The number of nitrogen functional groups attached to an aromatic ring is 1. The zero-order valence-electron chi connectivity index (χ0n) is 10.4. The van der Waals surface area contributed by atoms with Crippen molar-refractivity contribution in [3.8, 4) is 0 Å². The zero-order valence-corrected chi connectivity index (χ0v) is 11.2. The maximum atomic E-state index is 12.1. The number of aromatic nitrogens is 1. The highest BCUT2D eigenvalue weighted by Gasteiger charge is 2.26. The van der Waals surface area contributed by atoms with Crippen LogP contribution >= 0.6 is 11.6 Å². The molecular formula is C13H18ClN3O. The first-order valence-corrected chi connectivity index (χ1v) is 6.69. The number of nitrogens with zero attached hydrogens (tertiary/aromatic N) is 1. The van der Waals surface area contributed by atoms with E-state index in [2.05, 4.69) is 17.2 Å². The quantitative estimate of drug-likeness (QED) is 0.862. The number of halogens is 1. The number of amides is 1. The lowest BCUT2D eigenvalue weighted by Crippen LogP contribution is -2.35. The third kappa shape index (κ3) is 3.35. The first-order valence-electron chi connectivity index (χ1n) is 6.32. The SMILES string of the molecule is CCC(CC1CC1)NC(=O)c1cc(N)ncc1Cl. The van der Waals surface area contributed by atoms with Crippen LogP contribution in [0.25, 0.3) is 0 Å². The highest BCUT2D eigenvalue weighted by Crippen LogP contribution is 2.34. The van der Waals surface area contributed by atoms with Gasteiger partial charge in [0.05, 0.1) is 10.6 Å². The number of hydrogen-bond acceptors (Lipinski definition) is 3. The second-order valence-electron chi connectivity index (χ2n) is 4.85. The molecule has 5 heteroatoms. The third-order valence-electron chi connectivity index (χ3n) is 3.26. The molecule has 0 spiro atoms. The Balaban J connectivity index is 2.02. The largest absolute Gasteiger partial charge is 0.384 e. The number of hydrogen-bond donors (Lipinski definition) is 2. The molecule has 4 nitrogen and oxygen atoms in total. The Hall–Kier alpha value is -1.29. The average Bonchev–Trinajstić information content (AvgIpc) is 3.15. The minimum Gasteiger partial charge on any atom is -0.384 e. The molecule has 3 N–H and O–H groups in total. The number of nitrogens with two attached hydrogens (primary N) is 1. The summed E-state index contributed by atoms with van der Waals surface area (Å²) < 4.78 is 0. The van der Waals surface area contributed by atoms with Crippen molar-refractivity contribution in [1.82, 2.24) is 10.3 Å². The van der Waals surface area contributed by atoms with Crippen LogP contribution in [0.5, 0.6) is 0 Å². The van der Waals surface area contributed by atoms with Crippen molar-refractivity contribution in [3.63, 3.8) is 0 Å². The summed E-state index contributed by atoms with van der Waals surface area (Å²) in [6.07, 6.45) is 5.97. The van der Waals surface area contributed by atoms with E-state index in [9.17, 15) is 4.79 Å². The summed E-state index contributed by atoms with van der Waals surface area (Å²) in [5.74, 6) is 0.926. The van der Waals surface area contributed by atoms with Gasteiger partial charge in [-0.25, -0.2) is 4.98 Å². The molecule has 18 heavy (non-hydrogen) atoms. The van der Waals surface area contributed by atoms with Gasteiger partial charge in [0.1, 0.15) is 5.82 Å². The third-order valence-corrected chi connectivity index (χ3v) is 3.57. The lowest BCUT2D eigenvalue weighted by molar-refractivity contribution is 0.0933. The van der Waals surface area contributed by atoms with Crippen LogP contribution in [0.2, 0.25) is 5.02 Å². The van der Waals surface area contributed by atoms with Crippen LogP contribution in [0.15, 0.2) is 12.3 Å². The van der Waals surface area contributed by atoms with Crippen molar-refractivity contribution in [2.45, 2.75) is 38.6 Å². The summed E-state index contributed by atoms with van der Waals surface area (Å²) in [5.41, 5.74) is 5.97. The summed E-state index contributed by atoms with van der Waals surface area (Å²) >= 11 is 5.96. The lowest BCUT2D eigenvalue weighted by Gasteiger charge is -2.17. The molecule has 1 heterocycles. The molecule has 1 aromatic rings. The van der Waals surface area contributed by atoms with E-state index in [0.29, 0.717) is 16.4 Å². The van der Waals surface area contributed by atoms with E-state index >= 15 is 0 Å². The van der Waals surface area contributed by atoms with E-state index in [0.717, 1.165) is 18.8 Å². The van der Waals surface area contributed by atoms with Gasteiger partial charge in [0, 0.05) is 12.2 Å². The predicted octanol–water partition coefficient (Wildman–Crippen LogP) is 2.63. The molecular weight excluding hydrogens is 250 g/mol. The second-order valence-corrected chi connectivity index (χ2v) is 5.25. The standard InChI is InChI=1S/C13H18ClN3O/c1-2-9(5-8-3-4-8)17-13(18)10-6-12(15)16-7-11(10)14/h6-9H,2-5H2,1H3,(H2,15,16)(H,17,18). The molecule has 98 valence electrons. The van der Waals surface area contributed by atoms with Crippen LogP contribution in [0.1, 0.15) is 43.0 Å². The molecule has 0 bridgehead atoms. The summed E-state index contributed by atoms with van der Waals surface area (Å²) in [7, 11) is 0. The van der Waals surface area contributed by atoms with Crippen molar-refractivity contribution in [1.29, 1.82) is 0 Å². The van der Waals surface area contributed by atoms with Crippen LogP contribution in [0.4, 0.5) is 5.82 Å². The Kier molecular flexibility index (Phi) is 4.07. The van der Waals surface area contributed by atoms with Crippen molar-refractivity contribution >= 4 is 23.3 Å². The highest BCUT2D eigenvalue weighted by molar-refractivity contribution is 6.33. The van der Waals surface area contributed by atoms with Crippen LogP contribution in [-0.4, -0.2) is 16.9 Å². The molecule has 1 aromatic heterocycles. The molecule has 1 saturated carbocycles. The molecule has 0 aromatic carbocycles. The smallest absolute Gasteiger partial charge is 0.253 e. The zero-order chi connectivity index (χ0) is 13.1. The van der Waals surface area contributed by atoms with Gasteiger partial charge in [-0.2, -0.15) is 0 Å². The molecule has 0 saturated heterocycles. The number of pyridine rings is 1. The van der Waals surface area contributed by atoms with Gasteiger partial charge in [-0.05, 0) is 24.8 Å². The molecule has 1 amide bonds. The molecule has 1 aliphatic carbocycles. The van der Waals surface area contributed by atoms with E-state index in [4.69, 9.17) is 17.3 Å². The molecule has 0 radical (unpaired) electrons. The monoisotopic (exact) mass is 267 g/mol. The van der Waals surface area contributed by atoms with Crippen molar-refractivity contribution in [2.24, 2.45) is 5.92 Å².